The normalized spacial score (nSPS) is 17.2. The van der Waals surface area contributed by atoms with Crippen LogP contribution in [-0.4, -0.2) is 49.3 Å². The second kappa shape index (κ2) is 10.1. The van der Waals surface area contributed by atoms with Gasteiger partial charge in [0.1, 0.15) is 11.9 Å². The first-order chi connectivity index (χ1) is 15.8. The molecule has 5 heteroatoms. The van der Waals surface area contributed by atoms with Crippen LogP contribution >= 0.6 is 0 Å². The zero-order valence-electron chi connectivity index (χ0n) is 18.4. The molecule has 2 aliphatic heterocycles. The minimum Gasteiger partial charge on any atom is -0.486 e. The molecule has 0 N–H and O–H groups in total. The molecule has 1 fully saturated rings. The van der Waals surface area contributed by atoms with Gasteiger partial charge in [-0.05, 0) is 35.4 Å². The monoisotopic (exact) mass is 430 g/mol. The summed E-state index contributed by atoms with van der Waals surface area (Å²) in [4.78, 5) is 5.09. The van der Waals surface area contributed by atoms with Crippen molar-refractivity contribution in [1.82, 2.24) is 9.80 Å². The topological polar surface area (TPSA) is 34.2 Å². The lowest BCUT2D eigenvalue weighted by Crippen LogP contribution is -2.46. The molecular weight excluding hydrogens is 400 g/mol. The maximum atomic E-state index is 6.42. The van der Waals surface area contributed by atoms with Gasteiger partial charge in [-0.25, -0.2) is 0 Å². The van der Waals surface area contributed by atoms with E-state index in [0.717, 1.165) is 68.5 Å². The third kappa shape index (κ3) is 5.23. The number of hydrogen-bond donors (Lipinski definition) is 0. The number of benzene rings is 3. The van der Waals surface area contributed by atoms with Gasteiger partial charge in [0.25, 0.3) is 0 Å². The van der Waals surface area contributed by atoms with Crippen LogP contribution in [0.2, 0.25) is 0 Å². The highest BCUT2D eigenvalue weighted by atomic mass is 16.7. The Bertz CT molecular complexity index is 988. The number of piperazine rings is 1. The van der Waals surface area contributed by atoms with E-state index in [1.165, 1.54) is 5.56 Å². The molecule has 2 heterocycles. The van der Waals surface area contributed by atoms with Gasteiger partial charge in [0, 0.05) is 45.7 Å². The molecule has 2 aliphatic rings. The van der Waals surface area contributed by atoms with E-state index < -0.39 is 0 Å². The van der Waals surface area contributed by atoms with Crippen molar-refractivity contribution in [2.24, 2.45) is 0 Å². The smallest absolute Gasteiger partial charge is 0.231 e. The van der Waals surface area contributed by atoms with Crippen LogP contribution in [0.4, 0.5) is 0 Å². The Morgan fingerprint density at radius 2 is 1.44 bits per heavy atom. The van der Waals surface area contributed by atoms with Gasteiger partial charge in [-0.15, -0.1) is 0 Å². The molecule has 32 heavy (non-hydrogen) atoms. The summed E-state index contributed by atoms with van der Waals surface area (Å²) in [6.07, 6.45) is 0.891. The van der Waals surface area contributed by atoms with Crippen LogP contribution in [0.25, 0.3) is 0 Å². The first-order valence-electron chi connectivity index (χ1n) is 11.4. The molecule has 0 radical (unpaired) electrons. The molecule has 0 aliphatic carbocycles. The zero-order valence-corrected chi connectivity index (χ0v) is 18.4. The van der Waals surface area contributed by atoms with Crippen LogP contribution in [0.5, 0.6) is 17.2 Å². The maximum Gasteiger partial charge on any atom is 0.231 e. The lowest BCUT2D eigenvalue weighted by atomic mass is 10.0. The van der Waals surface area contributed by atoms with Gasteiger partial charge in [0.15, 0.2) is 11.5 Å². The van der Waals surface area contributed by atoms with E-state index in [4.69, 9.17) is 14.2 Å². The van der Waals surface area contributed by atoms with Crippen LogP contribution in [0.3, 0.4) is 0 Å². The fraction of sp³-hybridized carbons (Fsp3) is 0.333. The highest BCUT2D eigenvalue weighted by molar-refractivity contribution is 5.45. The van der Waals surface area contributed by atoms with E-state index in [9.17, 15) is 0 Å². The van der Waals surface area contributed by atoms with Crippen molar-refractivity contribution in [2.75, 3.05) is 39.5 Å². The molecule has 3 aromatic rings. The van der Waals surface area contributed by atoms with E-state index in [0.29, 0.717) is 0 Å². The molecule has 166 valence electrons. The Morgan fingerprint density at radius 1 is 0.750 bits per heavy atom. The zero-order chi connectivity index (χ0) is 21.6. The minimum absolute atomic E-state index is 0.0331. The summed E-state index contributed by atoms with van der Waals surface area (Å²) in [6, 6.07) is 27.0. The molecular formula is C27H30N2O3. The fourth-order valence-corrected chi connectivity index (χ4v) is 4.38. The van der Waals surface area contributed by atoms with Gasteiger partial charge in [-0.2, -0.15) is 0 Å². The van der Waals surface area contributed by atoms with E-state index in [1.807, 2.05) is 36.4 Å². The molecule has 1 unspecified atom stereocenters. The van der Waals surface area contributed by atoms with Crippen molar-refractivity contribution in [3.63, 3.8) is 0 Å². The highest BCUT2D eigenvalue weighted by Gasteiger charge is 2.22. The predicted molar refractivity (Wildman–Crippen MR) is 125 cm³/mol. The summed E-state index contributed by atoms with van der Waals surface area (Å²) in [5.74, 6) is 2.50. The van der Waals surface area contributed by atoms with Crippen molar-refractivity contribution in [2.45, 2.75) is 19.1 Å². The van der Waals surface area contributed by atoms with Crippen LogP contribution < -0.4 is 14.2 Å². The van der Waals surface area contributed by atoms with Crippen molar-refractivity contribution in [3.05, 3.63) is 90.0 Å². The summed E-state index contributed by atoms with van der Waals surface area (Å²) >= 11 is 0. The maximum absolute atomic E-state index is 6.42. The second-order valence-corrected chi connectivity index (χ2v) is 8.42. The Balaban J connectivity index is 1.19. The van der Waals surface area contributed by atoms with E-state index in [1.54, 1.807) is 0 Å². The molecule has 5 rings (SSSR count). The summed E-state index contributed by atoms with van der Waals surface area (Å²) in [5.41, 5.74) is 2.51. The van der Waals surface area contributed by atoms with Gasteiger partial charge in [0.05, 0.1) is 0 Å². The molecule has 1 saturated heterocycles. The quantitative estimate of drug-likeness (QED) is 0.516. The third-order valence-electron chi connectivity index (χ3n) is 6.21. The van der Waals surface area contributed by atoms with Crippen molar-refractivity contribution in [1.29, 1.82) is 0 Å². The number of para-hydroxylation sites is 1. The molecule has 5 nitrogen and oxygen atoms in total. The van der Waals surface area contributed by atoms with Crippen molar-refractivity contribution < 1.29 is 14.2 Å². The van der Waals surface area contributed by atoms with Gasteiger partial charge >= 0.3 is 0 Å². The number of rotatable bonds is 8. The summed E-state index contributed by atoms with van der Waals surface area (Å²) < 4.78 is 17.5. The number of nitrogens with zero attached hydrogens (tertiary/aromatic N) is 2. The summed E-state index contributed by atoms with van der Waals surface area (Å²) in [5, 5.41) is 0. The molecule has 0 bridgehead atoms. The van der Waals surface area contributed by atoms with Gasteiger partial charge in [-0.3, -0.25) is 4.90 Å². The van der Waals surface area contributed by atoms with Crippen LogP contribution in [0.1, 0.15) is 23.7 Å². The number of hydrogen-bond acceptors (Lipinski definition) is 5. The van der Waals surface area contributed by atoms with Gasteiger partial charge < -0.3 is 19.1 Å². The lowest BCUT2D eigenvalue weighted by molar-refractivity contribution is 0.107. The van der Waals surface area contributed by atoms with Crippen LogP contribution in [0.15, 0.2) is 78.9 Å². The molecule has 3 aromatic carbocycles. The van der Waals surface area contributed by atoms with Crippen LogP contribution in [0, 0.1) is 0 Å². The largest absolute Gasteiger partial charge is 0.486 e. The fourth-order valence-electron chi connectivity index (χ4n) is 4.38. The number of ether oxygens (including phenoxy) is 3. The first kappa shape index (κ1) is 20.9. The highest BCUT2D eigenvalue weighted by Crippen LogP contribution is 2.36. The average Bonchev–Trinajstić information content (AvgIpc) is 3.32. The summed E-state index contributed by atoms with van der Waals surface area (Å²) in [7, 11) is 0. The van der Waals surface area contributed by atoms with Crippen molar-refractivity contribution in [3.8, 4) is 17.2 Å². The summed E-state index contributed by atoms with van der Waals surface area (Å²) in [6.45, 7) is 6.71. The van der Waals surface area contributed by atoms with E-state index in [-0.39, 0.29) is 12.9 Å². The third-order valence-corrected chi connectivity index (χ3v) is 6.21. The van der Waals surface area contributed by atoms with Gasteiger partial charge in [0.2, 0.25) is 6.79 Å². The molecule has 1 atom stereocenters. The minimum atomic E-state index is -0.0331. The predicted octanol–water partition coefficient (Wildman–Crippen LogP) is 4.74. The standard InChI is InChI=1S/C27H30N2O3/c1-3-7-22(8-4-1)20-29-17-15-28(16-18-29)14-13-25(32-24-9-5-2-6-10-24)23-11-12-26-27(19-23)31-21-30-26/h1-12,19,25H,13-18,20-21H2. The van der Waals surface area contributed by atoms with Crippen LogP contribution in [-0.2, 0) is 6.54 Å². The molecule has 0 aromatic heterocycles. The number of fused-ring (bicyclic) bond motifs is 1. The Labute approximate surface area is 190 Å². The second-order valence-electron chi connectivity index (χ2n) is 8.42. The lowest BCUT2D eigenvalue weighted by Gasteiger charge is -2.35. The Kier molecular flexibility index (Phi) is 6.56. The Morgan fingerprint density at radius 3 is 2.22 bits per heavy atom. The average molecular weight is 431 g/mol. The molecule has 0 spiro atoms. The molecule has 0 amide bonds. The SMILES string of the molecule is c1ccc(CN2CCN(CCC(Oc3ccccc3)c3ccc4c(c3)OCO4)CC2)cc1. The first-order valence-corrected chi connectivity index (χ1v) is 11.4. The Hall–Kier alpha value is -3.02. The van der Waals surface area contributed by atoms with E-state index >= 15 is 0 Å². The van der Waals surface area contributed by atoms with Crippen molar-refractivity contribution >= 4 is 0 Å². The van der Waals surface area contributed by atoms with Gasteiger partial charge in [-0.1, -0.05) is 54.6 Å². The molecule has 0 saturated carbocycles. The van der Waals surface area contributed by atoms with E-state index in [2.05, 4.69) is 52.3 Å².